The highest BCUT2D eigenvalue weighted by Crippen LogP contribution is 2.35. The molecule has 5 heteroatoms. The third kappa shape index (κ3) is 2.46. The Hall–Kier alpha value is -0.800. The van der Waals surface area contributed by atoms with Crippen LogP contribution >= 0.6 is 23.2 Å². The predicted molar refractivity (Wildman–Crippen MR) is 78.8 cm³/mol. The molecule has 1 aliphatic rings. The number of fused-ring (bicyclic) bond motifs is 1. The molecule has 102 valence electrons. The molecule has 19 heavy (non-hydrogen) atoms. The molecule has 3 rings (SSSR count). The van der Waals surface area contributed by atoms with Crippen molar-refractivity contribution in [3.63, 3.8) is 0 Å². The fraction of sp³-hybridized carbons (Fsp3) is 0.571. The van der Waals surface area contributed by atoms with Crippen molar-refractivity contribution < 1.29 is 0 Å². The molecule has 0 aliphatic heterocycles. The maximum absolute atomic E-state index is 6.05. The van der Waals surface area contributed by atoms with Crippen LogP contribution in [0.4, 0.5) is 0 Å². The number of nitrogens with zero attached hydrogens (tertiary/aromatic N) is 3. The molecule has 0 spiro atoms. The van der Waals surface area contributed by atoms with E-state index in [-0.39, 0.29) is 0 Å². The lowest BCUT2D eigenvalue weighted by molar-refractivity contribution is 0.283. The molecule has 2 unspecified atom stereocenters. The molecule has 0 saturated heterocycles. The van der Waals surface area contributed by atoms with Crippen molar-refractivity contribution in [3.8, 4) is 0 Å². The first-order chi connectivity index (χ1) is 9.19. The molecule has 0 radical (unpaired) electrons. The molecule has 2 aromatic heterocycles. The van der Waals surface area contributed by atoms with E-state index in [4.69, 9.17) is 23.2 Å². The zero-order valence-corrected chi connectivity index (χ0v) is 12.5. The Labute approximate surface area is 122 Å². The second-order valence-corrected chi connectivity index (χ2v) is 6.16. The molecule has 2 heterocycles. The van der Waals surface area contributed by atoms with Crippen LogP contribution in [0.25, 0.3) is 11.2 Å². The van der Waals surface area contributed by atoms with Gasteiger partial charge in [-0.15, -0.1) is 11.6 Å². The van der Waals surface area contributed by atoms with Crippen molar-refractivity contribution in [2.24, 2.45) is 5.92 Å². The molecule has 0 amide bonds. The van der Waals surface area contributed by atoms with Gasteiger partial charge in [-0.05, 0) is 24.8 Å². The van der Waals surface area contributed by atoms with E-state index in [1.165, 1.54) is 25.7 Å². The summed E-state index contributed by atoms with van der Waals surface area (Å²) in [6.07, 6.45) is 6.63. The van der Waals surface area contributed by atoms with Crippen LogP contribution in [0, 0.1) is 5.92 Å². The van der Waals surface area contributed by atoms with Gasteiger partial charge >= 0.3 is 0 Å². The summed E-state index contributed by atoms with van der Waals surface area (Å²) in [5, 5.41) is 0.621. The Morgan fingerprint density at radius 3 is 3.00 bits per heavy atom. The van der Waals surface area contributed by atoms with Gasteiger partial charge in [0.25, 0.3) is 0 Å². The van der Waals surface area contributed by atoms with Crippen molar-refractivity contribution in [3.05, 3.63) is 23.1 Å². The standard InChI is InChI=1S/C14H17Cl2N3/c1-9-3-2-4-11(5-9)19-13(7-15)18-12-6-10(16)8-17-14(12)19/h6,8-9,11H,2-5,7H2,1H3. The highest BCUT2D eigenvalue weighted by Gasteiger charge is 2.24. The normalized spacial score (nSPS) is 23.9. The van der Waals surface area contributed by atoms with E-state index in [2.05, 4.69) is 21.5 Å². The summed E-state index contributed by atoms with van der Waals surface area (Å²) in [6, 6.07) is 2.33. The van der Waals surface area contributed by atoms with Crippen molar-refractivity contribution >= 4 is 34.4 Å². The minimum Gasteiger partial charge on any atom is -0.309 e. The Kier molecular flexibility index (Phi) is 3.68. The Morgan fingerprint density at radius 1 is 1.42 bits per heavy atom. The van der Waals surface area contributed by atoms with Gasteiger partial charge in [-0.2, -0.15) is 0 Å². The van der Waals surface area contributed by atoms with Gasteiger partial charge < -0.3 is 4.57 Å². The predicted octanol–water partition coefficient (Wildman–Crippen LogP) is 4.57. The molecular weight excluding hydrogens is 281 g/mol. The van der Waals surface area contributed by atoms with Gasteiger partial charge in [0.2, 0.25) is 0 Å². The summed E-state index contributed by atoms with van der Waals surface area (Å²) in [5.74, 6) is 2.08. The lowest BCUT2D eigenvalue weighted by Crippen LogP contribution is -2.19. The number of hydrogen-bond acceptors (Lipinski definition) is 2. The van der Waals surface area contributed by atoms with Crippen molar-refractivity contribution in [2.45, 2.75) is 44.5 Å². The van der Waals surface area contributed by atoms with Crippen LogP contribution in [0.3, 0.4) is 0 Å². The van der Waals surface area contributed by atoms with Gasteiger partial charge in [0.15, 0.2) is 5.65 Å². The van der Waals surface area contributed by atoms with Gasteiger partial charge in [0.05, 0.1) is 10.9 Å². The zero-order chi connectivity index (χ0) is 13.4. The smallest absolute Gasteiger partial charge is 0.160 e. The Bertz CT molecular complexity index is 594. The van der Waals surface area contributed by atoms with Gasteiger partial charge in [0.1, 0.15) is 11.3 Å². The third-order valence-corrected chi connectivity index (χ3v) is 4.41. The molecule has 0 N–H and O–H groups in total. The van der Waals surface area contributed by atoms with Crippen LogP contribution in [0.2, 0.25) is 5.02 Å². The van der Waals surface area contributed by atoms with Gasteiger partial charge in [-0.25, -0.2) is 9.97 Å². The van der Waals surface area contributed by atoms with Gasteiger partial charge in [0, 0.05) is 12.2 Å². The number of halogens is 2. The number of hydrogen-bond donors (Lipinski definition) is 0. The molecule has 2 aromatic rings. The fourth-order valence-corrected chi connectivity index (χ4v) is 3.46. The van der Waals surface area contributed by atoms with Crippen molar-refractivity contribution in [1.82, 2.24) is 14.5 Å². The van der Waals surface area contributed by atoms with E-state index < -0.39 is 0 Å². The summed E-state index contributed by atoms with van der Waals surface area (Å²) in [4.78, 5) is 9.04. The second kappa shape index (κ2) is 5.29. The first kappa shape index (κ1) is 13.2. The molecule has 0 bridgehead atoms. The maximum Gasteiger partial charge on any atom is 0.160 e. The third-order valence-electron chi connectivity index (χ3n) is 3.96. The average molecular weight is 298 g/mol. The second-order valence-electron chi connectivity index (χ2n) is 5.45. The molecular formula is C14H17Cl2N3. The number of aromatic nitrogens is 3. The van der Waals surface area contributed by atoms with Crippen molar-refractivity contribution in [1.29, 1.82) is 0 Å². The van der Waals surface area contributed by atoms with E-state index >= 15 is 0 Å². The number of imidazole rings is 1. The monoisotopic (exact) mass is 297 g/mol. The Balaban J connectivity index is 2.10. The first-order valence-corrected chi connectivity index (χ1v) is 7.68. The fourth-order valence-electron chi connectivity index (χ4n) is 3.12. The van der Waals surface area contributed by atoms with Gasteiger partial charge in [-0.3, -0.25) is 0 Å². The Morgan fingerprint density at radius 2 is 2.26 bits per heavy atom. The highest BCUT2D eigenvalue weighted by molar-refractivity contribution is 6.31. The highest BCUT2D eigenvalue weighted by atomic mass is 35.5. The lowest BCUT2D eigenvalue weighted by atomic mass is 9.87. The largest absolute Gasteiger partial charge is 0.309 e. The SMILES string of the molecule is CC1CCCC(n2c(CCl)nc3cc(Cl)cnc32)C1. The van der Waals surface area contributed by atoms with Crippen molar-refractivity contribution in [2.75, 3.05) is 0 Å². The summed E-state index contributed by atoms with van der Waals surface area (Å²) in [6.45, 7) is 2.32. The number of rotatable bonds is 2. The van der Waals surface area contributed by atoms with E-state index in [1.54, 1.807) is 6.20 Å². The molecule has 1 saturated carbocycles. The summed E-state index contributed by atoms with van der Waals surface area (Å²) >= 11 is 12.0. The zero-order valence-electron chi connectivity index (χ0n) is 10.9. The van der Waals surface area contributed by atoms with Crippen LogP contribution in [0.15, 0.2) is 12.3 Å². The van der Waals surface area contributed by atoms with Crippen LogP contribution in [-0.4, -0.2) is 14.5 Å². The molecule has 1 aliphatic carbocycles. The molecule has 1 fully saturated rings. The lowest BCUT2D eigenvalue weighted by Gasteiger charge is -2.29. The van der Waals surface area contributed by atoms with Crippen LogP contribution in [0.5, 0.6) is 0 Å². The van der Waals surface area contributed by atoms with Crippen LogP contribution in [-0.2, 0) is 5.88 Å². The summed E-state index contributed by atoms with van der Waals surface area (Å²) in [5.41, 5.74) is 1.76. The first-order valence-electron chi connectivity index (χ1n) is 6.77. The van der Waals surface area contributed by atoms with E-state index in [1.807, 2.05) is 6.07 Å². The van der Waals surface area contributed by atoms with Crippen LogP contribution in [0.1, 0.15) is 44.5 Å². The van der Waals surface area contributed by atoms with E-state index in [0.29, 0.717) is 16.9 Å². The van der Waals surface area contributed by atoms with Gasteiger partial charge in [-0.1, -0.05) is 31.4 Å². The van der Waals surface area contributed by atoms with E-state index in [9.17, 15) is 0 Å². The minimum absolute atomic E-state index is 0.416. The molecule has 3 nitrogen and oxygen atoms in total. The maximum atomic E-state index is 6.05. The van der Waals surface area contributed by atoms with E-state index in [0.717, 1.165) is 22.9 Å². The summed E-state index contributed by atoms with van der Waals surface area (Å²) < 4.78 is 2.23. The average Bonchev–Trinajstić information content (AvgIpc) is 2.76. The number of alkyl halides is 1. The number of pyridine rings is 1. The molecule has 2 atom stereocenters. The van der Waals surface area contributed by atoms with Crippen LogP contribution < -0.4 is 0 Å². The summed E-state index contributed by atoms with van der Waals surface area (Å²) in [7, 11) is 0. The topological polar surface area (TPSA) is 30.7 Å². The molecule has 0 aromatic carbocycles. The quantitative estimate of drug-likeness (QED) is 0.760. The minimum atomic E-state index is 0.416.